The van der Waals surface area contributed by atoms with Crippen LogP contribution in [0.1, 0.15) is 71.9 Å². The molecule has 0 aliphatic heterocycles. The van der Waals surface area contributed by atoms with E-state index < -0.39 is 0 Å². The minimum absolute atomic E-state index is 0.0142. The quantitative estimate of drug-likeness (QED) is 0.296. The predicted octanol–water partition coefficient (Wildman–Crippen LogP) is 7.00. The van der Waals surface area contributed by atoms with Gasteiger partial charge in [-0.1, -0.05) is 68.5 Å². The highest BCUT2D eigenvalue weighted by Gasteiger charge is 2.64. The molecule has 2 heteroatoms. The molecule has 3 rings (SSSR count). The first-order chi connectivity index (χ1) is 14.3. The van der Waals surface area contributed by atoms with Crippen LogP contribution in [0.2, 0.25) is 0 Å². The second-order valence-electron chi connectivity index (χ2n) is 9.51. The number of fused-ring (bicyclic) bond motifs is 3. The first-order valence-electron chi connectivity index (χ1n) is 11.3. The normalized spacial score (nSPS) is 28.7. The maximum Gasteiger partial charge on any atom is 0.0641 e. The number of nitrogens with one attached hydrogen (secondary N) is 1. The van der Waals surface area contributed by atoms with Crippen LogP contribution >= 0.6 is 0 Å². The van der Waals surface area contributed by atoms with E-state index in [2.05, 4.69) is 101 Å². The molecule has 0 saturated heterocycles. The van der Waals surface area contributed by atoms with Crippen LogP contribution in [0.5, 0.6) is 0 Å². The molecular formula is C28H38N2. The van der Waals surface area contributed by atoms with Crippen LogP contribution in [-0.2, 0) is 10.8 Å². The topological polar surface area (TPSA) is 24.4 Å². The third kappa shape index (κ3) is 3.31. The summed E-state index contributed by atoms with van der Waals surface area (Å²) in [6.07, 6.45) is 16.5. The zero-order valence-corrected chi connectivity index (χ0v) is 19.6. The zero-order chi connectivity index (χ0) is 22.0. The van der Waals surface area contributed by atoms with Crippen molar-refractivity contribution in [1.29, 1.82) is 0 Å². The highest BCUT2D eigenvalue weighted by molar-refractivity contribution is 5.63. The van der Waals surface area contributed by atoms with Gasteiger partial charge in [-0.15, -0.1) is 0 Å². The fourth-order valence-electron chi connectivity index (χ4n) is 5.97. The van der Waals surface area contributed by atoms with Crippen molar-refractivity contribution >= 4 is 6.21 Å². The Labute approximate surface area is 183 Å². The summed E-state index contributed by atoms with van der Waals surface area (Å²) in [5.74, 6) is 0.402. The molecule has 3 atom stereocenters. The molecule has 0 amide bonds. The van der Waals surface area contributed by atoms with Crippen LogP contribution in [0.4, 0.5) is 0 Å². The predicted molar refractivity (Wildman–Crippen MR) is 131 cm³/mol. The van der Waals surface area contributed by atoms with E-state index in [1.54, 1.807) is 0 Å². The molecule has 0 bridgehead atoms. The Morgan fingerprint density at radius 2 is 2.00 bits per heavy atom. The molecule has 2 nitrogen and oxygen atoms in total. The second kappa shape index (κ2) is 8.41. The van der Waals surface area contributed by atoms with Crippen molar-refractivity contribution in [3.05, 3.63) is 83.7 Å². The van der Waals surface area contributed by atoms with Gasteiger partial charge in [-0.3, -0.25) is 4.99 Å². The van der Waals surface area contributed by atoms with Crippen LogP contribution in [0.25, 0.3) is 0 Å². The van der Waals surface area contributed by atoms with Gasteiger partial charge >= 0.3 is 0 Å². The number of rotatable bonds is 7. The van der Waals surface area contributed by atoms with E-state index in [0.29, 0.717) is 5.92 Å². The Kier molecular flexibility index (Phi) is 6.26. The molecule has 0 saturated carbocycles. The van der Waals surface area contributed by atoms with Gasteiger partial charge in [0.2, 0.25) is 0 Å². The van der Waals surface area contributed by atoms with Crippen LogP contribution in [0, 0.1) is 5.92 Å². The van der Waals surface area contributed by atoms with Gasteiger partial charge < -0.3 is 5.32 Å². The average Bonchev–Trinajstić information content (AvgIpc) is 2.94. The molecule has 2 aliphatic carbocycles. The molecule has 160 valence electrons. The maximum absolute atomic E-state index is 5.02. The first kappa shape index (κ1) is 22.3. The largest absolute Gasteiger partial charge is 0.385 e. The molecule has 0 fully saturated rings. The third-order valence-corrected chi connectivity index (χ3v) is 7.10. The molecule has 2 aliphatic rings. The van der Waals surface area contributed by atoms with Crippen molar-refractivity contribution in [1.82, 2.24) is 5.32 Å². The molecule has 30 heavy (non-hydrogen) atoms. The van der Waals surface area contributed by atoms with Crippen LogP contribution in [0.3, 0.4) is 0 Å². The van der Waals surface area contributed by atoms with E-state index in [9.17, 15) is 0 Å². The molecular weight excluding hydrogens is 364 g/mol. The van der Waals surface area contributed by atoms with E-state index in [1.807, 2.05) is 13.1 Å². The van der Waals surface area contributed by atoms with Gasteiger partial charge in [0.05, 0.1) is 11.1 Å². The standard InChI is InChI=1S/C28H38N2/c1-8-10-19-30-26(5,6)28(25(29-9-2)20-21(3)4)23-16-12-11-15-22(23)27(7)18-14-13-17-24(27)28/h9-12,14-16,18-20,24,30H,3,8,13,17H2,1-2,4-7H3/b19-10-,25-20-,29-9-/t24?,27?,28-/m0/s1. The molecule has 0 spiro atoms. The van der Waals surface area contributed by atoms with Gasteiger partial charge in [0.1, 0.15) is 0 Å². The van der Waals surface area contributed by atoms with Crippen molar-refractivity contribution in [3.63, 3.8) is 0 Å². The molecule has 0 radical (unpaired) electrons. The summed E-state index contributed by atoms with van der Waals surface area (Å²) < 4.78 is 0. The summed E-state index contributed by atoms with van der Waals surface area (Å²) in [6, 6.07) is 9.02. The number of nitrogens with zero attached hydrogens (tertiary/aromatic N) is 1. The lowest BCUT2D eigenvalue weighted by molar-refractivity contribution is 0.140. The van der Waals surface area contributed by atoms with Gasteiger partial charge in [0.25, 0.3) is 0 Å². The lowest BCUT2D eigenvalue weighted by Crippen LogP contribution is -2.60. The molecule has 0 heterocycles. The van der Waals surface area contributed by atoms with Crippen molar-refractivity contribution in [3.8, 4) is 0 Å². The van der Waals surface area contributed by atoms with Gasteiger partial charge in [-0.2, -0.15) is 0 Å². The van der Waals surface area contributed by atoms with E-state index >= 15 is 0 Å². The lowest BCUT2D eigenvalue weighted by atomic mass is 9.55. The van der Waals surface area contributed by atoms with Crippen LogP contribution < -0.4 is 5.32 Å². The minimum Gasteiger partial charge on any atom is -0.385 e. The monoisotopic (exact) mass is 402 g/mol. The van der Waals surface area contributed by atoms with Crippen molar-refractivity contribution < 1.29 is 0 Å². The highest BCUT2D eigenvalue weighted by atomic mass is 15.0. The Balaban J connectivity index is 2.41. The Hall–Kier alpha value is -2.35. The van der Waals surface area contributed by atoms with Crippen LogP contribution in [-0.4, -0.2) is 11.8 Å². The summed E-state index contributed by atoms with van der Waals surface area (Å²) in [7, 11) is 0. The first-order valence-corrected chi connectivity index (χ1v) is 11.3. The SMILES string of the molecule is C=C(C)/C=C(\N=C/C)[C@]1(C(C)(C)N/C=C\CC)c2ccccc2C2(C)C=CCCC21. The van der Waals surface area contributed by atoms with Gasteiger partial charge in [0.15, 0.2) is 0 Å². The summed E-state index contributed by atoms with van der Waals surface area (Å²) in [6.45, 7) is 17.6. The average molecular weight is 403 g/mol. The fourth-order valence-corrected chi connectivity index (χ4v) is 5.97. The lowest BCUT2D eigenvalue weighted by Gasteiger charge is -2.52. The summed E-state index contributed by atoms with van der Waals surface area (Å²) in [4.78, 5) is 5.02. The van der Waals surface area contributed by atoms with Crippen molar-refractivity contribution in [2.24, 2.45) is 10.9 Å². The molecule has 1 aromatic carbocycles. The third-order valence-electron chi connectivity index (χ3n) is 7.10. The van der Waals surface area contributed by atoms with Gasteiger partial charge in [-0.05, 0) is 76.3 Å². The van der Waals surface area contributed by atoms with E-state index in [0.717, 1.165) is 30.5 Å². The second-order valence-corrected chi connectivity index (χ2v) is 9.51. The van der Waals surface area contributed by atoms with Gasteiger partial charge in [-0.25, -0.2) is 0 Å². The van der Waals surface area contributed by atoms with Gasteiger partial charge in [0, 0.05) is 17.2 Å². The zero-order valence-electron chi connectivity index (χ0n) is 19.6. The molecule has 2 unspecified atom stereocenters. The van der Waals surface area contributed by atoms with Crippen LogP contribution in [0.15, 0.2) is 77.6 Å². The number of hydrogen-bond donors (Lipinski definition) is 1. The minimum atomic E-state index is -0.285. The summed E-state index contributed by atoms with van der Waals surface area (Å²) >= 11 is 0. The Morgan fingerprint density at radius 1 is 1.30 bits per heavy atom. The van der Waals surface area contributed by atoms with E-state index in [4.69, 9.17) is 4.99 Å². The van der Waals surface area contributed by atoms with Crippen molar-refractivity contribution in [2.75, 3.05) is 0 Å². The Morgan fingerprint density at radius 3 is 2.63 bits per heavy atom. The fraction of sp³-hybridized carbons (Fsp3) is 0.464. The number of hydrogen-bond acceptors (Lipinski definition) is 2. The number of benzene rings is 1. The van der Waals surface area contributed by atoms with Crippen molar-refractivity contribution in [2.45, 2.75) is 77.2 Å². The highest BCUT2D eigenvalue weighted by Crippen LogP contribution is 2.64. The van der Waals surface area contributed by atoms with E-state index in [1.165, 1.54) is 11.1 Å². The number of aliphatic imine (C=N–C) groups is 1. The summed E-state index contributed by atoms with van der Waals surface area (Å²) in [5.41, 5.74) is 4.41. The smallest absolute Gasteiger partial charge is 0.0641 e. The molecule has 1 N–H and O–H groups in total. The molecule has 1 aromatic rings. The maximum atomic E-state index is 5.02. The molecule has 0 aromatic heterocycles. The van der Waals surface area contributed by atoms with E-state index in [-0.39, 0.29) is 16.4 Å². The number of allylic oxidation sites excluding steroid dienone is 5. The Bertz CT molecular complexity index is 914. The summed E-state index contributed by atoms with van der Waals surface area (Å²) in [5, 5.41) is 3.80.